The summed E-state index contributed by atoms with van der Waals surface area (Å²) in [5.74, 6) is 0.0489. The number of para-hydroxylation sites is 1. The van der Waals surface area contributed by atoms with Crippen LogP contribution in [0.25, 0.3) is 0 Å². The molecule has 4 N–H and O–H groups in total. The number of carbonyl (C=O) groups is 2. The minimum absolute atomic E-state index is 0.370. The Labute approximate surface area is 138 Å². The van der Waals surface area contributed by atoms with Crippen molar-refractivity contribution in [2.75, 3.05) is 10.6 Å². The first-order chi connectivity index (χ1) is 11.0. The highest BCUT2D eigenvalue weighted by atomic mass is 32.1. The molecule has 3 amide bonds. The van der Waals surface area contributed by atoms with E-state index in [0.29, 0.717) is 22.2 Å². The summed E-state index contributed by atoms with van der Waals surface area (Å²) < 4.78 is 0. The summed E-state index contributed by atoms with van der Waals surface area (Å²) in [4.78, 5) is 25.2. The number of aryl methyl sites for hydroxylation is 1. The second-order valence-corrected chi connectivity index (χ2v) is 6.97. The van der Waals surface area contributed by atoms with E-state index >= 15 is 0 Å². The number of thiophene rings is 1. The van der Waals surface area contributed by atoms with E-state index in [0.717, 1.165) is 29.7 Å². The number of benzene rings is 1. The Kier molecular flexibility index (Phi) is 4.34. The molecule has 120 valence electrons. The lowest BCUT2D eigenvalue weighted by Gasteiger charge is -2.18. The maximum Gasteiger partial charge on any atom is 0.324 e. The maximum atomic E-state index is 12.2. The first kappa shape index (κ1) is 15.6. The molecule has 0 fully saturated rings. The van der Waals surface area contributed by atoms with Gasteiger partial charge in [0.2, 0.25) is 0 Å². The number of fused-ring (bicyclic) bond motifs is 1. The molecular formula is C17H19N3O2S. The Morgan fingerprint density at radius 2 is 1.96 bits per heavy atom. The Morgan fingerprint density at radius 3 is 2.65 bits per heavy atom. The second-order valence-electron chi connectivity index (χ2n) is 5.87. The fraction of sp³-hybridized carbons (Fsp3) is 0.294. The maximum absolute atomic E-state index is 12.2. The van der Waals surface area contributed by atoms with Crippen LogP contribution in [0.15, 0.2) is 30.3 Å². The van der Waals surface area contributed by atoms with Crippen LogP contribution in [0.2, 0.25) is 0 Å². The van der Waals surface area contributed by atoms with Crippen LogP contribution in [-0.2, 0) is 12.8 Å². The predicted molar refractivity (Wildman–Crippen MR) is 93.1 cm³/mol. The van der Waals surface area contributed by atoms with Gasteiger partial charge in [0.05, 0.1) is 5.56 Å². The highest BCUT2D eigenvalue weighted by Gasteiger charge is 2.27. The number of primary amides is 1. The molecule has 0 saturated carbocycles. The number of rotatable bonds is 3. The first-order valence-corrected chi connectivity index (χ1v) is 8.43. The van der Waals surface area contributed by atoms with E-state index in [-0.39, 0.29) is 6.03 Å². The van der Waals surface area contributed by atoms with Crippen LogP contribution in [0.1, 0.15) is 34.1 Å². The Balaban J connectivity index is 1.82. The number of hydrogen-bond donors (Lipinski definition) is 3. The molecule has 2 aromatic rings. The third kappa shape index (κ3) is 3.37. The standard InChI is InChI=1S/C17H19N3O2S/c1-10-7-8-13-12(9-10)14(15(18)21)16(23-13)20-17(22)19-11-5-3-2-4-6-11/h2-6,10H,7-9H2,1H3,(H2,18,21)(H2,19,20,22)/t10-/m0/s1. The lowest BCUT2D eigenvalue weighted by molar-refractivity contribution is 0.1000. The molecular weight excluding hydrogens is 310 g/mol. The van der Waals surface area contributed by atoms with E-state index in [1.165, 1.54) is 11.3 Å². The van der Waals surface area contributed by atoms with E-state index in [9.17, 15) is 9.59 Å². The van der Waals surface area contributed by atoms with Gasteiger partial charge in [-0.1, -0.05) is 25.1 Å². The molecule has 0 spiro atoms. The van der Waals surface area contributed by atoms with Crippen molar-refractivity contribution < 1.29 is 9.59 Å². The summed E-state index contributed by atoms with van der Waals surface area (Å²) >= 11 is 1.46. The van der Waals surface area contributed by atoms with Crippen molar-refractivity contribution in [1.29, 1.82) is 0 Å². The number of anilines is 2. The van der Waals surface area contributed by atoms with Crippen LogP contribution >= 0.6 is 11.3 Å². The molecule has 1 aliphatic rings. The van der Waals surface area contributed by atoms with Gasteiger partial charge >= 0.3 is 6.03 Å². The van der Waals surface area contributed by atoms with Gasteiger partial charge in [-0.2, -0.15) is 0 Å². The van der Waals surface area contributed by atoms with E-state index in [1.807, 2.05) is 18.2 Å². The summed E-state index contributed by atoms with van der Waals surface area (Å²) in [5.41, 5.74) is 7.73. The van der Waals surface area contributed by atoms with E-state index in [1.54, 1.807) is 12.1 Å². The minimum atomic E-state index is -0.480. The lowest BCUT2D eigenvalue weighted by Crippen LogP contribution is -2.22. The van der Waals surface area contributed by atoms with Gasteiger partial charge in [-0.05, 0) is 42.9 Å². The minimum Gasteiger partial charge on any atom is -0.365 e. The molecule has 1 aliphatic carbocycles. The average Bonchev–Trinajstić information content (AvgIpc) is 2.85. The van der Waals surface area contributed by atoms with Crippen LogP contribution < -0.4 is 16.4 Å². The average molecular weight is 329 g/mol. The highest BCUT2D eigenvalue weighted by molar-refractivity contribution is 7.17. The number of amides is 3. The molecule has 0 bridgehead atoms. The van der Waals surface area contributed by atoms with Crippen molar-refractivity contribution in [3.63, 3.8) is 0 Å². The van der Waals surface area contributed by atoms with Crippen molar-refractivity contribution in [2.24, 2.45) is 11.7 Å². The predicted octanol–water partition coefficient (Wildman–Crippen LogP) is 3.62. The van der Waals surface area contributed by atoms with Gasteiger partial charge in [0, 0.05) is 10.6 Å². The third-order valence-corrected chi connectivity index (χ3v) is 5.22. The molecule has 1 atom stereocenters. The van der Waals surface area contributed by atoms with Gasteiger partial charge in [-0.25, -0.2) is 4.79 Å². The molecule has 0 saturated heterocycles. The van der Waals surface area contributed by atoms with Gasteiger partial charge in [0.15, 0.2) is 0 Å². The smallest absolute Gasteiger partial charge is 0.324 e. The fourth-order valence-electron chi connectivity index (χ4n) is 2.89. The fourth-order valence-corrected chi connectivity index (χ4v) is 4.14. The zero-order chi connectivity index (χ0) is 16.4. The van der Waals surface area contributed by atoms with Crippen LogP contribution in [-0.4, -0.2) is 11.9 Å². The van der Waals surface area contributed by atoms with Crippen molar-refractivity contribution in [3.8, 4) is 0 Å². The molecule has 6 heteroatoms. The van der Waals surface area contributed by atoms with Crippen LogP contribution in [0, 0.1) is 5.92 Å². The van der Waals surface area contributed by atoms with Gasteiger partial charge in [0.1, 0.15) is 5.00 Å². The Morgan fingerprint density at radius 1 is 1.22 bits per heavy atom. The van der Waals surface area contributed by atoms with Crippen LogP contribution in [0.5, 0.6) is 0 Å². The summed E-state index contributed by atoms with van der Waals surface area (Å²) in [6.07, 6.45) is 2.87. The molecule has 0 unspecified atom stereocenters. The number of hydrogen-bond acceptors (Lipinski definition) is 3. The topological polar surface area (TPSA) is 84.2 Å². The number of nitrogens with one attached hydrogen (secondary N) is 2. The molecule has 23 heavy (non-hydrogen) atoms. The molecule has 1 aromatic heterocycles. The summed E-state index contributed by atoms with van der Waals surface area (Å²) in [6, 6.07) is 8.80. The lowest BCUT2D eigenvalue weighted by atomic mass is 9.87. The van der Waals surface area contributed by atoms with Crippen molar-refractivity contribution in [2.45, 2.75) is 26.2 Å². The van der Waals surface area contributed by atoms with Crippen LogP contribution in [0.3, 0.4) is 0 Å². The zero-order valence-corrected chi connectivity index (χ0v) is 13.7. The molecule has 0 radical (unpaired) electrons. The number of carbonyl (C=O) groups excluding carboxylic acids is 2. The van der Waals surface area contributed by atoms with Crippen LogP contribution in [0.4, 0.5) is 15.5 Å². The Hall–Kier alpha value is -2.34. The summed E-state index contributed by atoms with van der Waals surface area (Å²) in [6.45, 7) is 2.17. The van der Waals surface area contributed by atoms with Gasteiger partial charge < -0.3 is 11.1 Å². The summed E-state index contributed by atoms with van der Waals surface area (Å²) in [5, 5.41) is 6.08. The van der Waals surface area contributed by atoms with Crippen molar-refractivity contribution in [1.82, 2.24) is 0 Å². The van der Waals surface area contributed by atoms with Crippen molar-refractivity contribution in [3.05, 3.63) is 46.3 Å². The molecule has 1 aromatic carbocycles. The third-order valence-electron chi connectivity index (χ3n) is 4.01. The van der Waals surface area contributed by atoms with Gasteiger partial charge in [-0.3, -0.25) is 10.1 Å². The van der Waals surface area contributed by atoms with Crippen molar-refractivity contribution >= 4 is 34.0 Å². The first-order valence-electron chi connectivity index (χ1n) is 7.62. The van der Waals surface area contributed by atoms with E-state index in [2.05, 4.69) is 17.6 Å². The highest BCUT2D eigenvalue weighted by Crippen LogP contribution is 2.39. The number of urea groups is 1. The largest absolute Gasteiger partial charge is 0.365 e. The van der Waals surface area contributed by atoms with Gasteiger partial charge in [-0.15, -0.1) is 11.3 Å². The molecule has 0 aliphatic heterocycles. The normalized spacial score (nSPS) is 16.5. The Bertz CT molecular complexity index is 740. The molecule has 1 heterocycles. The monoisotopic (exact) mass is 329 g/mol. The molecule has 3 rings (SSSR count). The molecule has 5 nitrogen and oxygen atoms in total. The zero-order valence-electron chi connectivity index (χ0n) is 12.9. The summed E-state index contributed by atoms with van der Waals surface area (Å²) in [7, 11) is 0. The quantitative estimate of drug-likeness (QED) is 0.803. The van der Waals surface area contributed by atoms with E-state index in [4.69, 9.17) is 5.73 Å². The number of nitrogens with two attached hydrogens (primary N) is 1. The second kappa shape index (κ2) is 6.42. The van der Waals surface area contributed by atoms with E-state index < -0.39 is 5.91 Å². The SMILES string of the molecule is C[C@H]1CCc2sc(NC(=O)Nc3ccccc3)c(C(N)=O)c2C1. The van der Waals surface area contributed by atoms with Gasteiger partial charge in [0.25, 0.3) is 5.91 Å².